The highest BCUT2D eigenvalue weighted by Gasteiger charge is 2.28. The van der Waals surface area contributed by atoms with Gasteiger partial charge in [-0.15, -0.1) is 0 Å². The molecular weight excluding hydrogens is 204 g/mol. The summed E-state index contributed by atoms with van der Waals surface area (Å²) in [6.07, 6.45) is 2.88. The first-order valence-electron chi connectivity index (χ1n) is 6.37. The summed E-state index contributed by atoms with van der Waals surface area (Å²) < 4.78 is 24.4. The maximum Gasteiger partial charge on any atom is 0.177 e. The molecule has 2 heterocycles. The van der Waals surface area contributed by atoms with Crippen LogP contribution in [-0.2, 0) is 12.5 Å². The number of hydrogen-bond acceptors (Lipinski definition) is 4. The molecule has 0 aliphatic carbocycles. The minimum Gasteiger partial charge on any atom is -0.396 e. The summed E-state index contributed by atoms with van der Waals surface area (Å²) in [6.45, 7) is 3.16. The van der Waals surface area contributed by atoms with Crippen molar-refractivity contribution in [2.75, 3.05) is 5.73 Å². The van der Waals surface area contributed by atoms with Crippen LogP contribution in [0.25, 0.3) is 0 Å². The Morgan fingerprint density at radius 2 is 2.19 bits per heavy atom. The summed E-state index contributed by atoms with van der Waals surface area (Å²) in [5, 5.41) is 8.30. The van der Waals surface area contributed by atoms with E-state index >= 15 is 0 Å². The highest BCUT2D eigenvalue weighted by Crippen LogP contribution is 2.23. The van der Waals surface area contributed by atoms with Gasteiger partial charge in [0.25, 0.3) is 0 Å². The molecule has 0 spiro atoms. The van der Waals surface area contributed by atoms with Gasteiger partial charge in [-0.25, -0.2) is 4.98 Å². The number of nitrogen functional groups attached to an aromatic ring is 1. The molecule has 2 aromatic heterocycles. The average molecular weight is 223 g/mol. The molecule has 6 heteroatoms. The molecule has 6 nitrogen and oxygen atoms in total. The largest absolute Gasteiger partial charge is 0.396 e. The lowest BCUT2D eigenvalue weighted by Gasteiger charge is -2.21. The lowest BCUT2D eigenvalue weighted by Crippen LogP contribution is -2.30. The van der Waals surface area contributed by atoms with Crippen LogP contribution in [0.15, 0.2) is 12.5 Å². The number of anilines is 1. The van der Waals surface area contributed by atoms with Crippen molar-refractivity contribution in [3.63, 3.8) is 0 Å². The predicted octanol–water partition coefficient (Wildman–Crippen LogP) is 0.686. The van der Waals surface area contributed by atoms with E-state index < -0.39 is 12.5 Å². The maximum atomic E-state index is 7.28. The predicted molar refractivity (Wildman–Crippen MR) is 60.8 cm³/mol. The second kappa shape index (κ2) is 3.33. The number of nitrogens with two attached hydrogens (primary N) is 1. The highest BCUT2D eigenvalue weighted by molar-refractivity contribution is 5.40. The second-order valence-corrected chi connectivity index (χ2v) is 4.19. The van der Waals surface area contributed by atoms with Gasteiger partial charge in [0.05, 0.1) is 11.4 Å². The summed E-state index contributed by atoms with van der Waals surface area (Å²) in [7, 11) is 0. The third kappa shape index (κ3) is 1.56. The summed E-state index contributed by atoms with van der Waals surface area (Å²) >= 11 is 0. The van der Waals surface area contributed by atoms with E-state index in [0.29, 0.717) is 17.2 Å². The first kappa shape index (κ1) is 7.43. The molecule has 0 aromatic carbocycles. The Kier molecular flexibility index (Phi) is 1.55. The van der Waals surface area contributed by atoms with Gasteiger partial charge in [0.1, 0.15) is 11.9 Å². The van der Waals surface area contributed by atoms with Crippen molar-refractivity contribution < 1.29 is 4.11 Å². The molecule has 2 rings (SSSR count). The van der Waals surface area contributed by atoms with Crippen LogP contribution in [-0.4, -0.2) is 24.5 Å². The zero-order chi connectivity index (χ0) is 14.4. The summed E-state index contributed by atoms with van der Waals surface area (Å²) in [4.78, 5) is 4.06. The first-order valence-corrected chi connectivity index (χ1v) is 4.87. The van der Waals surface area contributed by atoms with Gasteiger partial charge < -0.3 is 5.73 Å². The summed E-state index contributed by atoms with van der Waals surface area (Å²) in [5.74, 6) is 0.367. The van der Waals surface area contributed by atoms with Crippen LogP contribution < -0.4 is 5.73 Å². The van der Waals surface area contributed by atoms with E-state index in [1.54, 1.807) is 17.8 Å². The van der Waals surface area contributed by atoms with Gasteiger partial charge in [0, 0.05) is 17.3 Å². The topological polar surface area (TPSA) is 74.5 Å². The molecule has 0 saturated heterocycles. The third-order valence-electron chi connectivity index (χ3n) is 2.55. The summed E-state index contributed by atoms with van der Waals surface area (Å²) in [5.41, 5.74) is 6.37. The third-order valence-corrected chi connectivity index (χ3v) is 2.55. The van der Waals surface area contributed by atoms with Crippen molar-refractivity contribution in [3.8, 4) is 0 Å². The van der Waals surface area contributed by atoms with Gasteiger partial charge in [-0.2, -0.15) is 10.2 Å². The molecule has 0 atom stereocenters. The summed E-state index contributed by atoms with van der Waals surface area (Å²) in [6, 6.07) is 0. The van der Waals surface area contributed by atoms with Gasteiger partial charge >= 0.3 is 0 Å². The fraction of sp³-hybridized carbons (Fsp3) is 0.500. The molecular formula is C10H16N6. The Morgan fingerprint density at radius 3 is 2.69 bits per heavy atom. The van der Waals surface area contributed by atoms with Crippen molar-refractivity contribution >= 4 is 5.69 Å². The van der Waals surface area contributed by atoms with Crippen LogP contribution in [0.3, 0.4) is 0 Å². The Bertz CT molecular complexity index is 575. The van der Waals surface area contributed by atoms with Gasteiger partial charge in [0.2, 0.25) is 0 Å². The Balaban J connectivity index is 2.42. The number of nitrogens with zero attached hydrogens (tertiary/aromatic N) is 5. The molecule has 2 N–H and O–H groups in total. The Labute approximate surface area is 98.3 Å². The normalized spacial score (nSPS) is 15.6. The molecule has 0 aliphatic rings. The Morgan fingerprint density at radius 1 is 1.44 bits per heavy atom. The van der Waals surface area contributed by atoms with E-state index in [0.717, 1.165) is 4.68 Å². The lowest BCUT2D eigenvalue weighted by atomic mass is 10.1. The van der Waals surface area contributed by atoms with Crippen molar-refractivity contribution in [1.82, 2.24) is 24.5 Å². The number of aromatic nitrogens is 5. The van der Waals surface area contributed by atoms with Gasteiger partial charge in [-0.05, 0) is 20.8 Å². The van der Waals surface area contributed by atoms with E-state index in [1.165, 1.54) is 6.33 Å². The maximum absolute atomic E-state index is 7.28. The number of aryl methyl sites for hydroxylation is 2. The molecule has 0 saturated carbocycles. The molecule has 2 aromatic rings. The second-order valence-electron chi connectivity index (χ2n) is 4.19. The molecule has 0 unspecified atom stereocenters. The fourth-order valence-corrected chi connectivity index (χ4v) is 1.41. The zero-order valence-corrected chi connectivity index (χ0v) is 9.47. The fourth-order valence-electron chi connectivity index (χ4n) is 1.41. The van der Waals surface area contributed by atoms with E-state index in [-0.39, 0.29) is 0 Å². The first-order chi connectivity index (χ1) is 8.62. The van der Waals surface area contributed by atoms with Crippen LogP contribution in [0, 0.1) is 6.92 Å². The molecule has 0 amide bonds. The van der Waals surface area contributed by atoms with Crippen molar-refractivity contribution in [3.05, 3.63) is 24.0 Å². The van der Waals surface area contributed by atoms with Gasteiger partial charge in [-0.1, -0.05) is 0 Å². The van der Waals surface area contributed by atoms with Crippen LogP contribution in [0.5, 0.6) is 0 Å². The average Bonchev–Trinajstić information content (AvgIpc) is 2.86. The van der Waals surface area contributed by atoms with Gasteiger partial charge in [0.15, 0.2) is 5.82 Å². The molecule has 86 valence electrons. The molecule has 0 bridgehead atoms. The van der Waals surface area contributed by atoms with E-state index in [1.807, 2.05) is 13.8 Å². The minimum atomic E-state index is -2.33. The van der Waals surface area contributed by atoms with Crippen molar-refractivity contribution in [2.45, 2.75) is 26.3 Å². The SMILES string of the molecule is [2H]C([2H])([2H])n1cnc(C(C)(C)n2cc(N)c(C)n2)n1. The highest BCUT2D eigenvalue weighted by atomic mass is 15.4. The number of hydrogen-bond donors (Lipinski definition) is 1. The van der Waals surface area contributed by atoms with E-state index in [9.17, 15) is 0 Å². The molecule has 0 radical (unpaired) electrons. The minimum absolute atomic E-state index is 0.367. The van der Waals surface area contributed by atoms with E-state index in [4.69, 9.17) is 9.85 Å². The lowest BCUT2D eigenvalue weighted by molar-refractivity contribution is 0.365. The quantitative estimate of drug-likeness (QED) is 0.812. The smallest absolute Gasteiger partial charge is 0.177 e. The molecule has 0 fully saturated rings. The zero-order valence-electron chi connectivity index (χ0n) is 12.5. The number of rotatable bonds is 2. The monoisotopic (exact) mass is 223 g/mol. The van der Waals surface area contributed by atoms with Crippen LogP contribution in [0.2, 0.25) is 0 Å². The Hall–Kier alpha value is -1.85. The molecule has 0 aliphatic heterocycles. The molecule has 16 heavy (non-hydrogen) atoms. The van der Waals surface area contributed by atoms with Crippen LogP contribution in [0.4, 0.5) is 5.69 Å². The van der Waals surface area contributed by atoms with E-state index in [2.05, 4.69) is 15.2 Å². The van der Waals surface area contributed by atoms with Crippen LogP contribution in [0.1, 0.15) is 29.5 Å². The van der Waals surface area contributed by atoms with Gasteiger partial charge in [-0.3, -0.25) is 9.36 Å². The van der Waals surface area contributed by atoms with Crippen molar-refractivity contribution in [1.29, 1.82) is 0 Å². The van der Waals surface area contributed by atoms with Crippen LogP contribution >= 0.6 is 0 Å². The standard InChI is InChI=1S/C10H16N6/c1-7-8(11)5-16(13-7)10(2,3)9-12-6-15(4)14-9/h5-6H,11H2,1-4H3/i4D3. The van der Waals surface area contributed by atoms with Crippen molar-refractivity contribution in [2.24, 2.45) is 6.98 Å².